The molecule has 1 aromatic heterocycles. The first-order valence-corrected chi connectivity index (χ1v) is 14.4. The van der Waals surface area contributed by atoms with E-state index in [1.807, 2.05) is 11.9 Å². The van der Waals surface area contributed by atoms with Crippen LogP contribution in [0.1, 0.15) is 21.5 Å². The van der Waals surface area contributed by atoms with Crippen molar-refractivity contribution in [1.82, 2.24) is 30.4 Å². The van der Waals surface area contributed by atoms with Gasteiger partial charge in [-0.15, -0.1) is 5.10 Å². The molecule has 236 valence electrons. The third kappa shape index (κ3) is 7.60. The average Bonchev–Trinajstić information content (AvgIpc) is 3.57. The molecule has 1 aliphatic rings. The number of benzene rings is 3. The van der Waals surface area contributed by atoms with Crippen molar-refractivity contribution in [2.45, 2.75) is 12.5 Å². The largest absolute Gasteiger partial charge is 0.478 e. The van der Waals surface area contributed by atoms with Crippen LogP contribution in [0, 0.1) is 5.82 Å². The molecule has 13 nitrogen and oxygen atoms in total. The Hall–Kier alpha value is -5.47. The van der Waals surface area contributed by atoms with Crippen molar-refractivity contribution in [2.24, 2.45) is 0 Å². The molecule has 46 heavy (non-hydrogen) atoms. The molecule has 1 atom stereocenters. The summed E-state index contributed by atoms with van der Waals surface area (Å²) in [4.78, 5) is 53.9. The summed E-state index contributed by atoms with van der Waals surface area (Å²) in [5.74, 6) is -3.21. The molecule has 4 aromatic rings. The fraction of sp³-hybridized carbons (Fsp3) is 0.194. The molecule has 0 aliphatic carbocycles. The molecule has 0 radical (unpaired) electrons. The summed E-state index contributed by atoms with van der Waals surface area (Å²) in [5.41, 5.74) is 1.95. The molecule has 5 rings (SSSR count). The van der Waals surface area contributed by atoms with E-state index in [0.717, 1.165) is 18.3 Å². The van der Waals surface area contributed by atoms with E-state index in [-0.39, 0.29) is 34.2 Å². The van der Waals surface area contributed by atoms with Gasteiger partial charge in [0.2, 0.25) is 17.7 Å². The summed E-state index contributed by atoms with van der Waals surface area (Å²) in [6.07, 6.45) is 3.59. The molecule has 1 aliphatic heterocycles. The van der Waals surface area contributed by atoms with E-state index in [1.54, 1.807) is 29.2 Å². The van der Waals surface area contributed by atoms with Crippen molar-refractivity contribution < 1.29 is 28.7 Å². The van der Waals surface area contributed by atoms with E-state index in [2.05, 4.69) is 26.2 Å². The Morgan fingerprint density at radius 3 is 2.46 bits per heavy atom. The van der Waals surface area contributed by atoms with Gasteiger partial charge in [0, 0.05) is 42.5 Å². The SMILES string of the molecule is CN1CCN(c2ccc(C[C@H](NC(=O)/C=C/c3c(-n4cnnn4)ccc(Cl)c3F)C(=O)Nc3ccc(C(=O)O)cc3)cc2)C(=O)C1. The number of tetrazole rings is 1. The number of aromatic nitrogens is 4. The highest BCUT2D eigenvalue weighted by Gasteiger charge is 2.24. The Balaban J connectivity index is 1.36. The molecule has 3 aromatic carbocycles. The molecule has 3 N–H and O–H groups in total. The van der Waals surface area contributed by atoms with Crippen LogP contribution in [0.5, 0.6) is 0 Å². The molecular weight excluding hydrogens is 619 g/mol. The molecule has 15 heteroatoms. The second-order valence-electron chi connectivity index (χ2n) is 10.5. The minimum absolute atomic E-state index is 0.0221. The number of carbonyl (C=O) groups is 4. The first-order valence-electron chi connectivity index (χ1n) is 14.0. The fourth-order valence-corrected chi connectivity index (χ4v) is 4.98. The topological polar surface area (TPSA) is 163 Å². The molecule has 1 saturated heterocycles. The molecule has 0 saturated carbocycles. The van der Waals surface area contributed by atoms with Crippen LogP contribution in [-0.4, -0.2) is 86.6 Å². The van der Waals surface area contributed by atoms with E-state index in [1.165, 1.54) is 53.5 Å². The number of nitrogens with zero attached hydrogens (tertiary/aromatic N) is 6. The van der Waals surface area contributed by atoms with Crippen LogP contribution in [0.4, 0.5) is 15.8 Å². The van der Waals surface area contributed by atoms with Gasteiger partial charge in [0.15, 0.2) is 5.82 Å². The average molecular weight is 647 g/mol. The van der Waals surface area contributed by atoms with Crippen LogP contribution in [0.2, 0.25) is 5.02 Å². The zero-order chi connectivity index (χ0) is 32.8. The molecule has 2 heterocycles. The smallest absolute Gasteiger partial charge is 0.335 e. The van der Waals surface area contributed by atoms with Crippen LogP contribution in [0.25, 0.3) is 11.8 Å². The zero-order valence-corrected chi connectivity index (χ0v) is 25.2. The van der Waals surface area contributed by atoms with Gasteiger partial charge in [0.1, 0.15) is 12.4 Å². The maximum absolute atomic E-state index is 15.0. The highest BCUT2D eigenvalue weighted by atomic mass is 35.5. The molecule has 0 bridgehead atoms. The highest BCUT2D eigenvalue weighted by Crippen LogP contribution is 2.25. The van der Waals surface area contributed by atoms with Crippen molar-refractivity contribution in [3.63, 3.8) is 0 Å². The van der Waals surface area contributed by atoms with Gasteiger partial charge in [-0.1, -0.05) is 23.7 Å². The van der Waals surface area contributed by atoms with Gasteiger partial charge in [-0.3, -0.25) is 19.3 Å². The third-order valence-corrected chi connectivity index (χ3v) is 7.53. The van der Waals surface area contributed by atoms with E-state index in [0.29, 0.717) is 24.3 Å². The summed E-state index contributed by atoms with van der Waals surface area (Å²) < 4.78 is 16.2. The Bertz CT molecular complexity index is 1780. The van der Waals surface area contributed by atoms with E-state index in [9.17, 15) is 23.6 Å². The van der Waals surface area contributed by atoms with Crippen molar-refractivity contribution in [3.8, 4) is 5.69 Å². The Morgan fingerprint density at radius 2 is 1.80 bits per heavy atom. The lowest BCUT2D eigenvalue weighted by Crippen LogP contribution is -2.48. The summed E-state index contributed by atoms with van der Waals surface area (Å²) in [5, 5.41) is 25.2. The van der Waals surface area contributed by atoms with Crippen LogP contribution in [0.3, 0.4) is 0 Å². The molecule has 0 spiro atoms. The van der Waals surface area contributed by atoms with Crippen molar-refractivity contribution >= 4 is 52.7 Å². The number of hydrogen-bond acceptors (Lipinski definition) is 8. The molecular formula is C31H28ClFN8O5. The number of halogens is 2. The molecule has 3 amide bonds. The summed E-state index contributed by atoms with van der Waals surface area (Å²) >= 11 is 5.98. The van der Waals surface area contributed by atoms with Gasteiger partial charge in [0.05, 0.1) is 22.8 Å². The number of nitrogens with one attached hydrogen (secondary N) is 2. The summed E-state index contributed by atoms with van der Waals surface area (Å²) in [7, 11) is 1.88. The Labute approximate surface area is 267 Å². The number of aromatic carboxylic acids is 1. The number of carboxylic acid groups (broad SMARTS) is 1. The number of anilines is 2. The second-order valence-corrected chi connectivity index (χ2v) is 10.9. The van der Waals surface area contributed by atoms with E-state index >= 15 is 0 Å². The van der Waals surface area contributed by atoms with E-state index < -0.39 is 29.6 Å². The Kier molecular flexibility index (Phi) is 9.79. The lowest BCUT2D eigenvalue weighted by atomic mass is 10.0. The lowest BCUT2D eigenvalue weighted by Gasteiger charge is -2.32. The first kappa shape index (κ1) is 31.9. The van der Waals surface area contributed by atoms with Gasteiger partial charge < -0.3 is 20.6 Å². The van der Waals surface area contributed by atoms with Crippen LogP contribution < -0.4 is 15.5 Å². The van der Waals surface area contributed by atoms with Crippen molar-refractivity contribution in [2.75, 3.05) is 36.9 Å². The van der Waals surface area contributed by atoms with Crippen molar-refractivity contribution in [3.05, 3.63) is 101 Å². The van der Waals surface area contributed by atoms with Crippen LogP contribution in [0.15, 0.2) is 73.1 Å². The van der Waals surface area contributed by atoms with Gasteiger partial charge >= 0.3 is 5.97 Å². The van der Waals surface area contributed by atoms with E-state index in [4.69, 9.17) is 16.7 Å². The third-order valence-electron chi connectivity index (χ3n) is 7.24. The predicted octanol–water partition coefficient (Wildman–Crippen LogP) is 2.81. The maximum atomic E-state index is 15.0. The molecule has 0 unspecified atom stereocenters. The number of likely N-dealkylation sites (N-methyl/N-ethyl adjacent to an activating group) is 1. The Morgan fingerprint density at radius 1 is 1.07 bits per heavy atom. The molecule has 1 fully saturated rings. The minimum Gasteiger partial charge on any atom is -0.478 e. The summed E-state index contributed by atoms with van der Waals surface area (Å²) in [6, 6.07) is 14.4. The van der Waals surface area contributed by atoms with Gasteiger partial charge in [-0.05, 0) is 77.6 Å². The maximum Gasteiger partial charge on any atom is 0.335 e. The number of amides is 3. The van der Waals surface area contributed by atoms with Gasteiger partial charge in [0.25, 0.3) is 0 Å². The number of carboxylic acids is 1. The fourth-order valence-electron chi connectivity index (χ4n) is 4.81. The quantitative estimate of drug-likeness (QED) is 0.220. The minimum atomic E-state index is -1.11. The lowest BCUT2D eigenvalue weighted by molar-refractivity contribution is -0.123. The van der Waals surface area contributed by atoms with Gasteiger partial charge in [-0.25, -0.2) is 9.18 Å². The highest BCUT2D eigenvalue weighted by molar-refractivity contribution is 6.31. The number of carbonyl (C=O) groups excluding carboxylic acids is 3. The standard InChI is InChI=1S/C31H28ClFN8O5/c1-39-14-15-40(28(43)17-39)22-8-2-19(3-9-22)16-25(30(44)35-21-6-4-20(5-7-21)31(45)46)36-27(42)13-10-23-26(41-18-34-37-38-41)12-11-24(32)29(23)33/h2-13,18,25H,14-17H2,1H3,(H,35,44)(H,36,42)(H,45,46)/b13-10+/t25-/m0/s1. The summed E-state index contributed by atoms with van der Waals surface area (Å²) in [6.45, 7) is 1.59. The zero-order valence-electron chi connectivity index (χ0n) is 24.4. The monoisotopic (exact) mass is 646 g/mol. The normalized spacial score (nSPS) is 14.3. The van der Waals surface area contributed by atoms with Crippen LogP contribution >= 0.6 is 11.6 Å². The predicted molar refractivity (Wildman–Crippen MR) is 167 cm³/mol. The van der Waals surface area contributed by atoms with Gasteiger partial charge in [-0.2, -0.15) is 4.68 Å². The van der Waals surface area contributed by atoms with Crippen molar-refractivity contribution in [1.29, 1.82) is 0 Å². The number of hydrogen-bond donors (Lipinski definition) is 3. The first-order chi connectivity index (χ1) is 22.1. The number of rotatable bonds is 10. The second kappa shape index (κ2) is 14.1. The number of piperazine rings is 1. The van der Waals surface area contributed by atoms with Crippen LogP contribution in [-0.2, 0) is 20.8 Å².